The Labute approximate surface area is 209 Å². The van der Waals surface area contributed by atoms with Crippen LogP contribution in [0.1, 0.15) is 35.2 Å². The predicted molar refractivity (Wildman–Crippen MR) is 136 cm³/mol. The number of amides is 2. The lowest BCUT2D eigenvalue weighted by molar-refractivity contribution is -0.128. The van der Waals surface area contributed by atoms with Crippen molar-refractivity contribution in [3.63, 3.8) is 0 Å². The van der Waals surface area contributed by atoms with E-state index in [1.807, 2.05) is 24.2 Å². The number of carbonyl (C=O) groups is 2. The minimum absolute atomic E-state index is 0.0417. The highest BCUT2D eigenvalue weighted by Gasteiger charge is 2.30. The van der Waals surface area contributed by atoms with Gasteiger partial charge in [0.1, 0.15) is 11.6 Å². The van der Waals surface area contributed by atoms with Crippen molar-refractivity contribution >= 4 is 17.6 Å². The summed E-state index contributed by atoms with van der Waals surface area (Å²) in [4.78, 5) is 31.9. The number of pyridine rings is 1. The molecule has 4 rings (SSSR count). The fourth-order valence-electron chi connectivity index (χ4n) is 4.39. The van der Waals surface area contributed by atoms with Crippen LogP contribution in [0, 0.1) is 5.82 Å². The molecule has 1 aromatic carbocycles. The molecule has 2 amide bonds. The maximum atomic E-state index is 13.5. The van der Waals surface area contributed by atoms with E-state index in [4.69, 9.17) is 10.7 Å². The molecule has 1 fully saturated rings. The van der Waals surface area contributed by atoms with E-state index < -0.39 is 0 Å². The quantitative estimate of drug-likeness (QED) is 0.377. The van der Waals surface area contributed by atoms with Gasteiger partial charge in [-0.05, 0) is 55.6 Å². The second kappa shape index (κ2) is 11.8. The first-order chi connectivity index (χ1) is 17.4. The molecule has 190 valence electrons. The Hall–Kier alpha value is -3.79. The lowest BCUT2D eigenvalue weighted by atomic mass is 10.1. The van der Waals surface area contributed by atoms with E-state index in [1.54, 1.807) is 29.1 Å². The molecule has 1 saturated heterocycles. The minimum atomic E-state index is -0.282. The van der Waals surface area contributed by atoms with Gasteiger partial charge in [0.25, 0.3) is 5.91 Å². The zero-order valence-electron chi connectivity index (χ0n) is 20.4. The van der Waals surface area contributed by atoms with E-state index >= 15 is 0 Å². The Morgan fingerprint density at radius 3 is 2.89 bits per heavy atom. The maximum Gasteiger partial charge on any atom is 0.255 e. The molecule has 3 heterocycles. The fourth-order valence-corrected chi connectivity index (χ4v) is 4.39. The topological polar surface area (TPSA) is 118 Å². The molecule has 2 aromatic heterocycles. The predicted octanol–water partition coefficient (Wildman–Crippen LogP) is 2.35. The SMILES string of the molecule is Cn1cc(-c2ccc(C(=O)NC[C@H]3CCC(=O)N3CCCN)c(NCCc3cccc(F)c3)n2)cn1. The summed E-state index contributed by atoms with van der Waals surface area (Å²) in [5.74, 6) is -0.0144. The van der Waals surface area contributed by atoms with Crippen LogP contribution in [0.3, 0.4) is 0 Å². The largest absolute Gasteiger partial charge is 0.369 e. The third-order valence-electron chi connectivity index (χ3n) is 6.29. The van der Waals surface area contributed by atoms with Crippen molar-refractivity contribution in [2.75, 3.05) is 31.5 Å². The van der Waals surface area contributed by atoms with E-state index in [0.29, 0.717) is 62.5 Å². The van der Waals surface area contributed by atoms with Crippen molar-refractivity contribution in [3.05, 3.63) is 65.7 Å². The van der Waals surface area contributed by atoms with E-state index in [2.05, 4.69) is 15.7 Å². The highest BCUT2D eigenvalue weighted by atomic mass is 19.1. The van der Waals surface area contributed by atoms with E-state index in [1.165, 1.54) is 12.1 Å². The summed E-state index contributed by atoms with van der Waals surface area (Å²) >= 11 is 0. The summed E-state index contributed by atoms with van der Waals surface area (Å²) < 4.78 is 15.2. The van der Waals surface area contributed by atoms with Crippen LogP contribution in [0.2, 0.25) is 0 Å². The second-order valence-corrected chi connectivity index (χ2v) is 8.93. The highest BCUT2D eigenvalue weighted by molar-refractivity contribution is 5.99. The third-order valence-corrected chi connectivity index (χ3v) is 6.29. The number of aryl methyl sites for hydroxylation is 1. The van der Waals surface area contributed by atoms with Gasteiger partial charge in [0.05, 0.1) is 17.5 Å². The van der Waals surface area contributed by atoms with Gasteiger partial charge in [-0.3, -0.25) is 14.3 Å². The van der Waals surface area contributed by atoms with Gasteiger partial charge in [-0.25, -0.2) is 9.37 Å². The molecule has 3 aromatic rings. The van der Waals surface area contributed by atoms with Gasteiger partial charge < -0.3 is 21.3 Å². The Kier molecular flexibility index (Phi) is 8.27. The molecule has 4 N–H and O–H groups in total. The molecule has 0 unspecified atom stereocenters. The van der Waals surface area contributed by atoms with Crippen LogP contribution in [0.4, 0.5) is 10.2 Å². The number of carbonyl (C=O) groups excluding carboxylic acids is 2. The summed E-state index contributed by atoms with van der Waals surface area (Å²) in [6, 6.07) is 9.92. The van der Waals surface area contributed by atoms with Gasteiger partial charge >= 0.3 is 0 Å². The third kappa shape index (κ3) is 6.25. The average molecular weight is 494 g/mol. The molecule has 0 saturated carbocycles. The van der Waals surface area contributed by atoms with E-state index in [9.17, 15) is 14.0 Å². The van der Waals surface area contributed by atoms with Crippen molar-refractivity contribution in [1.29, 1.82) is 0 Å². The smallest absolute Gasteiger partial charge is 0.255 e. The number of nitrogens with one attached hydrogen (secondary N) is 2. The second-order valence-electron chi connectivity index (χ2n) is 8.93. The molecule has 0 spiro atoms. The number of rotatable bonds is 11. The first kappa shape index (κ1) is 25.3. The van der Waals surface area contributed by atoms with Gasteiger partial charge in [-0.1, -0.05) is 12.1 Å². The van der Waals surface area contributed by atoms with Gasteiger partial charge in [0, 0.05) is 50.9 Å². The van der Waals surface area contributed by atoms with E-state index in [0.717, 1.165) is 17.5 Å². The molecule has 1 aliphatic heterocycles. The maximum absolute atomic E-state index is 13.5. The number of hydrogen-bond donors (Lipinski definition) is 3. The van der Waals surface area contributed by atoms with Crippen LogP contribution in [0.5, 0.6) is 0 Å². The summed E-state index contributed by atoms with van der Waals surface area (Å²) in [6.07, 6.45) is 6.06. The summed E-state index contributed by atoms with van der Waals surface area (Å²) in [5.41, 5.74) is 8.37. The molecule has 1 aliphatic rings. The van der Waals surface area contributed by atoms with Gasteiger partial charge in [-0.15, -0.1) is 0 Å². The van der Waals surface area contributed by atoms with Crippen molar-refractivity contribution in [2.45, 2.75) is 31.7 Å². The Morgan fingerprint density at radius 1 is 1.28 bits per heavy atom. The van der Waals surface area contributed by atoms with Crippen molar-refractivity contribution in [2.24, 2.45) is 12.8 Å². The number of nitrogens with zero attached hydrogens (tertiary/aromatic N) is 4. The monoisotopic (exact) mass is 493 g/mol. The number of likely N-dealkylation sites (tertiary alicyclic amines) is 1. The van der Waals surface area contributed by atoms with Crippen LogP contribution in [-0.4, -0.2) is 63.7 Å². The van der Waals surface area contributed by atoms with Crippen molar-refractivity contribution < 1.29 is 14.0 Å². The Morgan fingerprint density at radius 2 is 2.14 bits per heavy atom. The number of halogens is 1. The van der Waals surface area contributed by atoms with Crippen molar-refractivity contribution in [3.8, 4) is 11.3 Å². The summed E-state index contributed by atoms with van der Waals surface area (Å²) in [7, 11) is 1.83. The van der Waals surface area contributed by atoms with Crippen LogP contribution < -0.4 is 16.4 Å². The zero-order valence-corrected chi connectivity index (χ0v) is 20.4. The van der Waals surface area contributed by atoms with Crippen LogP contribution in [-0.2, 0) is 18.3 Å². The summed E-state index contributed by atoms with van der Waals surface area (Å²) in [5, 5.41) is 10.4. The summed E-state index contributed by atoms with van der Waals surface area (Å²) in [6.45, 7) is 1.95. The Balaban J connectivity index is 1.48. The van der Waals surface area contributed by atoms with Gasteiger partial charge in [-0.2, -0.15) is 5.10 Å². The molecule has 0 aliphatic carbocycles. The van der Waals surface area contributed by atoms with Crippen molar-refractivity contribution in [1.82, 2.24) is 25.0 Å². The lowest BCUT2D eigenvalue weighted by Crippen LogP contribution is -2.42. The van der Waals surface area contributed by atoms with Crippen LogP contribution >= 0.6 is 0 Å². The number of benzene rings is 1. The minimum Gasteiger partial charge on any atom is -0.369 e. The first-order valence-corrected chi connectivity index (χ1v) is 12.2. The molecule has 9 nitrogen and oxygen atoms in total. The molecular formula is C26H32FN7O2. The van der Waals surface area contributed by atoms with E-state index in [-0.39, 0.29) is 23.7 Å². The van der Waals surface area contributed by atoms with Gasteiger partial charge in [0.2, 0.25) is 5.91 Å². The molecule has 0 bridgehead atoms. The molecule has 36 heavy (non-hydrogen) atoms. The first-order valence-electron chi connectivity index (χ1n) is 12.2. The average Bonchev–Trinajstić information content (AvgIpc) is 3.46. The van der Waals surface area contributed by atoms with Crippen LogP contribution in [0.15, 0.2) is 48.8 Å². The van der Waals surface area contributed by atoms with Gasteiger partial charge in [0.15, 0.2) is 0 Å². The normalized spacial score (nSPS) is 15.4. The van der Waals surface area contributed by atoms with Crippen LogP contribution in [0.25, 0.3) is 11.3 Å². The molecular weight excluding hydrogens is 461 g/mol. The number of hydrogen-bond acceptors (Lipinski definition) is 6. The lowest BCUT2D eigenvalue weighted by Gasteiger charge is -2.25. The highest BCUT2D eigenvalue weighted by Crippen LogP contribution is 2.23. The fraction of sp³-hybridized carbons (Fsp3) is 0.385. The standard InChI is InChI=1S/C26H32FN7O2/c1-33-17-19(15-31-33)23-8-7-22(25(32-23)29-12-10-18-4-2-5-20(27)14-18)26(36)30-16-21-6-9-24(35)34(21)13-3-11-28/h2,4-5,7-8,14-15,17,21H,3,6,9-13,16,28H2,1H3,(H,29,32)(H,30,36)/t21-/m1/s1. The number of aromatic nitrogens is 3. The molecule has 1 atom stereocenters. The Bertz CT molecular complexity index is 1210. The molecule has 10 heteroatoms. The number of anilines is 1. The zero-order chi connectivity index (χ0) is 25.5. The number of nitrogens with two attached hydrogens (primary N) is 1. The molecule has 0 radical (unpaired) electrons.